The topological polar surface area (TPSA) is 66.7 Å². The highest BCUT2D eigenvalue weighted by molar-refractivity contribution is 7.07. The van der Waals surface area contributed by atoms with E-state index in [1.54, 1.807) is 16.7 Å². The minimum Gasteiger partial charge on any atom is -0.372 e. The van der Waals surface area contributed by atoms with Crippen LogP contribution >= 0.6 is 22.9 Å². The third kappa shape index (κ3) is 5.07. The van der Waals surface area contributed by atoms with Crippen LogP contribution in [0.25, 0.3) is 6.08 Å². The van der Waals surface area contributed by atoms with Gasteiger partial charge in [-0.2, -0.15) is 0 Å². The first-order valence-corrected chi connectivity index (χ1v) is 14.2. The molecule has 4 aromatic rings. The van der Waals surface area contributed by atoms with E-state index in [1.165, 1.54) is 29.9 Å². The molecule has 0 aliphatic carbocycles. The number of amides is 1. The second-order valence-electron chi connectivity index (χ2n) is 9.74. The number of nitrogens with zero attached hydrogens (tertiary/aromatic N) is 3. The van der Waals surface area contributed by atoms with Crippen molar-refractivity contribution in [3.05, 3.63) is 126 Å². The van der Waals surface area contributed by atoms with Gasteiger partial charge in [0.05, 0.1) is 21.8 Å². The maximum absolute atomic E-state index is 13.9. The van der Waals surface area contributed by atoms with Gasteiger partial charge >= 0.3 is 0 Å². The molecule has 0 saturated carbocycles. The zero-order chi connectivity index (χ0) is 26.9. The van der Waals surface area contributed by atoms with Crippen LogP contribution in [-0.2, 0) is 4.79 Å². The predicted octanol–water partition coefficient (Wildman–Crippen LogP) is 5.13. The first-order valence-electron chi connectivity index (χ1n) is 13.0. The zero-order valence-corrected chi connectivity index (χ0v) is 23.0. The number of aromatic nitrogens is 1. The Balaban J connectivity index is 1.43. The fourth-order valence-electron chi connectivity index (χ4n) is 5.20. The van der Waals surface area contributed by atoms with Crippen LogP contribution in [0.3, 0.4) is 0 Å². The standard InChI is InChI=1S/C31H27ClN4O2S/c1-20-27(29(37)34-24-7-3-2-4-8-24)28(22-11-13-23(32)14-12-22)36-30(38)26(39-31(36)33-20)19-21-9-15-25(16-10-21)35-17-5-6-18-35/h2-4,7-16,19,28H,5-6,17-18H2,1H3,(H,34,37)/b26-19+/t28-/m0/s1. The molecule has 0 radical (unpaired) electrons. The number of anilines is 2. The van der Waals surface area contributed by atoms with Gasteiger partial charge < -0.3 is 10.2 Å². The minimum absolute atomic E-state index is 0.181. The molecule has 1 N–H and O–H groups in total. The summed E-state index contributed by atoms with van der Waals surface area (Å²) in [6.07, 6.45) is 4.35. The van der Waals surface area contributed by atoms with Crippen LogP contribution in [0.4, 0.5) is 11.4 Å². The lowest BCUT2D eigenvalue weighted by Crippen LogP contribution is -2.40. The van der Waals surface area contributed by atoms with E-state index in [2.05, 4.69) is 22.3 Å². The number of benzene rings is 3. The van der Waals surface area contributed by atoms with Crippen molar-refractivity contribution in [1.82, 2.24) is 4.57 Å². The second-order valence-corrected chi connectivity index (χ2v) is 11.2. The van der Waals surface area contributed by atoms with E-state index in [4.69, 9.17) is 16.6 Å². The second kappa shape index (κ2) is 10.7. The number of allylic oxidation sites excluding steroid dienone is 1. The fourth-order valence-corrected chi connectivity index (χ4v) is 6.37. The van der Waals surface area contributed by atoms with E-state index in [9.17, 15) is 9.59 Å². The lowest BCUT2D eigenvalue weighted by Gasteiger charge is -2.25. The Morgan fingerprint density at radius 2 is 1.69 bits per heavy atom. The van der Waals surface area contributed by atoms with Gasteiger partial charge in [0, 0.05) is 29.5 Å². The average molecular weight is 555 g/mol. The number of thiazole rings is 1. The Morgan fingerprint density at radius 1 is 1.00 bits per heavy atom. The molecule has 1 fully saturated rings. The van der Waals surface area contributed by atoms with Gasteiger partial charge in [-0.05, 0) is 73.4 Å². The van der Waals surface area contributed by atoms with Gasteiger partial charge in [-0.25, -0.2) is 4.99 Å². The van der Waals surface area contributed by atoms with E-state index >= 15 is 0 Å². The summed E-state index contributed by atoms with van der Waals surface area (Å²) in [5, 5.41) is 3.55. The number of carbonyl (C=O) groups excluding carboxylic acids is 1. The average Bonchev–Trinajstić information content (AvgIpc) is 3.58. The van der Waals surface area contributed by atoms with Crippen LogP contribution in [0.5, 0.6) is 0 Å². The number of hydrogen-bond acceptors (Lipinski definition) is 5. The largest absolute Gasteiger partial charge is 0.372 e. The summed E-state index contributed by atoms with van der Waals surface area (Å²) in [4.78, 5) is 35.1. The molecule has 8 heteroatoms. The van der Waals surface area contributed by atoms with Crippen molar-refractivity contribution in [3.63, 3.8) is 0 Å². The molecule has 6 rings (SSSR count). The highest BCUT2D eigenvalue weighted by Crippen LogP contribution is 2.31. The molecule has 3 aromatic carbocycles. The molecule has 0 unspecified atom stereocenters. The Bertz CT molecular complexity index is 1730. The summed E-state index contributed by atoms with van der Waals surface area (Å²) in [6, 6.07) is 24.2. The van der Waals surface area contributed by atoms with E-state index in [-0.39, 0.29) is 11.5 Å². The Hall–Kier alpha value is -3.94. The normalized spacial score (nSPS) is 17.2. The summed E-state index contributed by atoms with van der Waals surface area (Å²) in [5.41, 5.74) is 4.44. The van der Waals surface area contributed by atoms with Crippen molar-refractivity contribution >= 4 is 46.3 Å². The molecular formula is C31H27ClN4O2S. The van der Waals surface area contributed by atoms with Gasteiger partial charge in [0.2, 0.25) is 0 Å². The number of para-hydroxylation sites is 1. The number of fused-ring (bicyclic) bond motifs is 1. The highest BCUT2D eigenvalue weighted by atomic mass is 35.5. The molecule has 0 spiro atoms. The lowest BCUT2D eigenvalue weighted by atomic mass is 9.95. The van der Waals surface area contributed by atoms with Crippen LogP contribution in [0, 0.1) is 0 Å². The molecule has 1 amide bonds. The molecule has 1 saturated heterocycles. The first-order chi connectivity index (χ1) is 19.0. The van der Waals surface area contributed by atoms with Gasteiger partial charge in [-0.15, -0.1) is 0 Å². The maximum atomic E-state index is 13.9. The number of halogens is 1. The summed E-state index contributed by atoms with van der Waals surface area (Å²) in [7, 11) is 0. The van der Waals surface area contributed by atoms with Crippen LogP contribution < -0.4 is 25.1 Å². The summed E-state index contributed by atoms with van der Waals surface area (Å²) < 4.78 is 2.20. The van der Waals surface area contributed by atoms with Gasteiger partial charge in [-0.3, -0.25) is 14.2 Å². The maximum Gasteiger partial charge on any atom is 0.271 e. The van der Waals surface area contributed by atoms with E-state index in [0.717, 1.165) is 24.2 Å². The monoisotopic (exact) mass is 554 g/mol. The molecule has 1 atom stereocenters. The summed E-state index contributed by atoms with van der Waals surface area (Å²) in [6.45, 7) is 3.99. The third-order valence-corrected chi connectivity index (χ3v) is 8.38. The SMILES string of the molecule is CC1=C(C(=O)Nc2ccccc2)[C@H](c2ccc(Cl)cc2)n2c(s/c(=C/c3ccc(N4CCCC4)cc3)c2=O)=N1. The first kappa shape index (κ1) is 25.3. The molecule has 0 bridgehead atoms. The van der Waals surface area contributed by atoms with Gasteiger partial charge in [-0.1, -0.05) is 65.4 Å². The molecule has 1 aromatic heterocycles. The van der Waals surface area contributed by atoms with Crippen molar-refractivity contribution in [2.24, 2.45) is 4.99 Å². The Kier molecular flexibility index (Phi) is 6.94. The van der Waals surface area contributed by atoms with E-state index < -0.39 is 6.04 Å². The quantitative estimate of drug-likeness (QED) is 0.372. The third-order valence-electron chi connectivity index (χ3n) is 7.15. The van der Waals surface area contributed by atoms with Gasteiger partial charge in [0.1, 0.15) is 0 Å². The number of nitrogens with one attached hydrogen (secondary N) is 1. The van der Waals surface area contributed by atoms with Crippen LogP contribution in [-0.4, -0.2) is 23.6 Å². The molecular weight excluding hydrogens is 528 g/mol. The highest BCUT2D eigenvalue weighted by Gasteiger charge is 2.32. The van der Waals surface area contributed by atoms with Crippen molar-refractivity contribution in [2.75, 3.05) is 23.3 Å². The smallest absolute Gasteiger partial charge is 0.271 e. The van der Waals surface area contributed by atoms with Crippen molar-refractivity contribution in [2.45, 2.75) is 25.8 Å². The lowest BCUT2D eigenvalue weighted by molar-refractivity contribution is -0.113. The van der Waals surface area contributed by atoms with Crippen LogP contribution in [0.15, 0.2) is 99.9 Å². The molecule has 2 aliphatic heterocycles. The summed E-state index contributed by atoms with van der Waals surface area (Å²) in [5.74, 6) is -0.297. The van der Waals surface area contributed by atoms with Crippen LogP contribution in [0.2, 0.25) is 5.02 Å². The summed E-state index contributed by atoms with van der Waals surface area (Å²) >= 11 is 7.51. The molecule has 196 valence electrons. The van der Waals surface area contributed by atoms with Crippen molar-refractivity contribution in [1.29, 1.82) is 0 Å². The minimum atomic E-state index is -0.637. The zero-order valence-electron chi connectivity index (χ0n) is 21.4. The number of carbonyl (C=O) groups is 1. The molecule has 2 aliphatic rings. The molecule has 39 heavy (non-hydrogen) atoms. The van der Waals surface area contributed by atoms with E-state index in [0.29, 0.717) is 31.3 Å². The fraction of sp³-hybridized carbons (Fsp3) is 0.194. The van der Waals surface area contributed by atoms with Gasteiger partial charge in [0.15, 0.2) is 4.80 Å². The van der Waals surface area contributed by atoms with E-state index in [1.807, 2.05) is 67.6 Å². The molecule has 3 heterocycles. The Morgan fingerprint density at radius 3 is 2.38 bits per heavy atom. The number of rotatable bonds is 5. The van der Waals surface area contributed by atoms with Crippen molar-refractivity contribution in [3.8, 4) is 0 Å². The molecule has 6 nitrogen and oxygen atoms in total. The predicted molar refractivity (Wildman–Crippen MR) is 158 cm³/mol. The Labute approximate surface area is 235 Å². The van der Waals surface area contributed by atoms with Gasteiger partial charge in [0.25, 0.3) is 11.5 Å². The number of hydrogen-bond donors (Lipinski definition) is 1. The van der Waals surface area contributed by atoms with Crippen LogP contribution in [0.1, 0.15) is 36.9 Å². The van der Waals surface area contributed by atoms with Crippen molar-refractivity contribution < 1.29 is 4.79 Å².